The number of nitrogens with one attached hydrogen (secondary N) is 1. The molecule has 0 saturated carbocycles. The summed E-state index contributed by atoms with van der Waals surface area (Å²) in [6.45, 7) is 3.98. The molecular formula is C41H75NO5. The second-order valence-corrected chi connectivity index (χ2v) is 13.2. The molecule has 1 amide bonds. The van der Waals surface area contributed by atoms with Crippen LogP contribution in [-0.2, 0) is 4.79 Å². The highest BCUT2D eigenvalue weighted by Crippen LogP contribution is 2.12. The van der Waals surface area contributed by atoms with Crippen LogP contribution in [0.3, 0.4) is 0 Å². The van der Waals surface area contributed by atoms with E-state index in [9.17, 15) is 25.2 Å². The Morgan fingerprint density at radius 2 is 0.894 bits per heavy atom. The number of allylic oxidation sites excluding steroid dienone is 8. The minimum Gasteiger partial charge on any atom is -0.394 e. The standard InChI is InChI=1S/C41H75NO5/c1-3-5-7-9-11-13-15-17-18-19-20-21-22-23-25-26-28-30-32-34-38(44)40(46)37(36-43)42-41(47)39(45)35-33-31-29-27-24-16-14-12-10-8-6-4-2/h17-18,21-22,24,26-28,37-40,43-46H,3-16,19-20,23,25,29-36H2,1-2H3,(H,42,47)/b18-17+,22-21+,27-24-,28-26+. The molecule has 274 valence electrons. The molecule has 5 N–H and O–H groups in total. The van der Waals surface area contributed by atoms with Crippen LogP contribution >= 0.6 is 0 Å². The molecule has 0 fully saturated rings. The highest BCUT2D eigenvalue weighted by molar-refractivity contribution is 5.80. The van der Waals surface area contributed by atoms with Crippen molar-refractivity contribution in [2.24, 2.45) is 0 Å². The molecule has 47 heavy (non-hydrogen) atoms. The summed E-state index contributed by atoms with van der Waals surface area (Å²) in [6.07, 6.45) is 41.3. The molecule has 0 aliphatic heterocycles. The van der Waals surface area contributed by atoms with Gasteiger partial charge >= 0.3 is 0 Å². The minimum atomic E-state index is -1.30. The van der Waals surface area contributed by atoms with Crippen LogP contribution < -0.4 is 5.32 Å². The maximum absolute atomic E-state index is 12.4. The number of amides is 1. The van der Waals surface area contributed by atoms with E-state index in [0.717, 1.165) is 51.4 Å². The van der Waals surface area contributed by atoms with E-state index in [1.54, 1.807) is 0 Å². The molecular weight excluding hydrogens is 586 g/mol. The van der Waals surface area contributed by atoms with Crippen LogP contribution in [0, 0.1) is 0 Å². The van der Waals surface area contributed by atoms with Crippen molar-refractivity contribution in [2.75, 3.05) is 6.61 Å². The SMILES string of the molecule is CCCCCCCC/C=C\CCCCC(O)C(=O)NC(CO)C(O)C(O)CCC/C=C/CC/C=C/CC/C=C/CCCCCCCC. The summed E-state index contributed by atoms with van der Waals surface area (Å²) in [6, 6.07) is -1.02. The fourth-order valence-corrected chi connectivity index (χ4v) is 5.55. The molecule has 4 unspecified atom stereocenters. The summed E-state index contributed by atoms with van der Waals surface area (Å²) in [5, 5.41) is 43.4. The third-order valence-corrected chi connectivity index (χ3v) is 8.72. The molecule has 0 spiro atoms. The predicted molar refractivity (Wildman–Crippen MR) is 200 cm³/mol. The van der Waals surface area contributed by atoms with Gasteiger partial charge in [0.1, 0.15) is 12.2 Å². The van der Waals surface area contributed by atoms with Crippen molar-refractivity contribution >= 4 is 5.91 Å². The van der Waals surface area contributed by atoms with Crippen molar-refractivity contribution < 1.29 is 25.2 Å². The Morgan fingerprint density at radius 3 is 1.34 bits per heavy atom. The van der Waals surface area contributed by atoms with Crippen LogP contribution in [0.25, 0.3) is 0 Å². The lowest BCUT2D eigenvalue weighted by atomic mass is 10.00. The summed E-state index contributed by atoms with van der Waals surface area (Å²) >= 11 is 0. The van der Waals surface area contributed by atoms with E-state index in [0.29, 0.717) is 25.7 Å². The fourth-order valence-electron chi connectivity index (χ4n) is 5.55. The Labute approximate surface area is 289 Å². The molecule has 0 aromatic rings. The van der Waals surface area contributed by atoms with E-state index in [1.165, 1.54) is 83.5 Å². The molecule has 6 nitrogen and oxygen atoms in total. The molecule has 0 saturated heterocycles. The summed E-state index contributed by atoms with van der Waals surface area (Å²) in [5.74, 6) is -0.620. The Balaban J connectivity index is 3.93. The summed E-state index contributed by atoms with van der Waals surface area (Å²) in [5.41, 5.74) is 0. The van der Waals surface area contributed by atoms with Gasteiger partial charge in [-0.1, -0.05) is 133 Å². The van der Waals surface area contributed by atoms with E-state index >= 15 is 0 Å². The molecule has 0 bridgehead atoms. The number of aliphatic hydroxyl groups is 4. The maximum atomic E-state index is 12.4. The van der Waals surface area contributed by atoms with Crippen LogP contribution in [-0.4, -0.2) is 57.3 Å². The number of carbonyl (C=O) groups is 1. The zero-order valence-corrected chi connectivity index (χ0v) is 30.5. The van der Waals surface area contributed by atoms with Crippen LogP contribution in [0.4, 0.5) is 0 Å². The smallest absolute Gasteiger partial charge is 0.249 e. The van der Waals surface area contributed by atoms with Gasteiger partial charge in [-0.2, -0.15) is 0 Å². The average Bonchev–Trinajstić information content (AvgIpc) is 3.07. The highest BCUT2D eigenvalue weighted by atomic mass is 16.3. The predicted octanol–water partition coefficient (Wildman–Crippen LogP) is 9.56. The summed E-state index contributed by atoms with van der Waals surface area (Å²) in [4.78, 5) is 12.4. The lowest BCUT2D eigenvalue weighted by molar-refractivity contribution is -0.132. The third-order valence-electron chi connectivity index (χ3n) is 8.72. The monoisotopic (exact) mass is 662 g/mol. The maximum Gasteiger partial charge on any atom is 0.249 e. The Hall–Kier alpha value is -1.73. The van der Waals surface area contributed by atoms with Crippen molar-refractivity contribution in [1.82, 2.24) is 5.32 Å². The van der Waals surface area contributed by atoms with Crippen LogP contribution in [0.1, 0.15) is 174 Å². The van der Waals surface area contributed by atoms with Gasteiger partial charge in [0.15, 0.2) is 0 Å². The van der Waals surface area contributed by atoms with Crippen LogP contribution in [0.2, 0.25) is 0 Å². The quantitative estimate of drug-likeness (QED) is 0.0349. The zero-order chi connectivity index (χ0) is 34.6. The van der Waals surface area contributed by atoms with Gasteiger partial charge < -0.3 is 25.7 Å². The first-order chi connectivity index (χ1) is 23.0. The average molecular weight is 662 g/mol. The molecule has 0 aliphatic rings. The van der Waals surface area contributed by atoms with E-state index in [2.05, 4.69) is 67.8 Å². The second-order valence-electron chi connectivity index (χ2n) is 13.2. The highest BCUT2D eigenvalue weighted by Gasteiger charge is 2.28. The zero-order valence-electron chi connectivity index (χ0n) is 30.5. The van der Waals surface area contributed by atoms with Crippen molar-refractivity contribution in [3.63, 3.8) is 0 Å². The molecule has 0 aromatic carbocycles. The normalized spacial score (nSPS) is 14.9. The second kappa shape index (κ2) is 35.6. The van der Waals surface area contributed by atoms with Gasteiger partial charge in [0.25, 0.3) is 0 Å². The topological polar surface area (TPSA) is 110 Å². The van der Waals surface area contributed by atoms with E-state index in [4.69, 9.17) is 0 Å². The van der Waals surface area contributed by atoms with Gasteiger partial charge in [0.2, 0.25) is 5.91 Å². The Morgan fingerprint density at radius 1 is 0.511 bits per heavy atom. The van der Waals surface area contributed by atoms with Crippen LogP contribution in [0.15, 0.2) is 48.6 Å². The largest absolute Gasteiger partial charge is 0.394 e. The Bertz CT molecular complexity index is 793. The van der Waals surface area contributed by atoms with Gasteiger partial charge in [0, 0.05) is 0 Å². The molecule has 4 atom stereocenters. The molecule has 0 rings (SSSR count). The molecule has 0 heterocycles. The third kappa shape index (κ3) is 30.1. The first-order valence-electron chi connectivity index (χ1n) is 19.5. The molecule has 0 radical (unpaired) electrons. The van der Waals surface area contributed by atoms with E-state index in [-0.39, 0.29) is 0 Å². The number of rotatable bonds is 34. The van der Waals surface area contributed by atoms with Crippen LogP contribution in [0.5, 0.6) is 0 Å². The Kier molecular flexibility index (Phi) is 34.3. The molecule has 6 heteroatoms. The number of hydrogen-bond acceptors (Lipinski definition) is 5. The van der Waals surface area contributed by atoms with Gasteiger partial charge in [-0.15, -0.1) is 0 Å². The number of hydrogen-bond donors (Lipinski definition) is 5. The molecule has 0 aliphatic carbocycles. The fraction of sp³-hybridized carbons (Fsp3) is 0.780. The first kappa shape index (κ1) is 45.3. The van der Waals surface area contributed by atoms with Gasteiger partial charge in [0.05, 0.1) is 18.8 Å². The minimum absolute atomic E-state index is 0.326. The van der Waals surface area contributed by atoms with Crippen molar-refractivity contribution in [2.45, 2.75) is 199 Å². The number of unbranched alkanes of at least 4 members (excludes halogenated alkanes) is 17. The summed E-state index contributed by atoms with van der Waals surface area (Å²) < 4.78 is 0. The lowest BCUT2D eigenvalue weighted by Crippen LogP contribution is -2.53. The van der Waals surface area contributed by atoms with Gasteiger partial charge in [-0.3, -0.25) is 4.79 Å². The number of aliphatic hydroxyl groups excluding tert-OH is 4. The van der Waals surface area contributed by atoms with Gasteiger partial charge in [-0.25, -0.2) is 0 Å². The van der Waals surface area contributed by atoms with Crippen molar-refractivity contribution in [1.29, 1.82) is 0 Å². The van der Waals surface area contributed by atoms with Crippen molar-refractivity contribution in [3.05, 3.63) is 48.6 Å². The summed E-state index contributed by atoms with van der Waals surface area (Å²) in [7, 11) is 0. The lowest BCUT2D eigenvalue weighted by Gasteiger charge is -2.27. The van der Waals surface area contributed by atoms with E-state index in [1.807, 2.05) is 0 Å². The van der Waals surface area contributed by atoms with Crippen molar-refractivity contribution in [3.8, 4) is 0 Å². The van der Waals surface area contributed by atoms with Gasteiger partial charge in [-0.05, 0) is 89.9 Å². The first-order valence-corrected chi connectivity index (χ1v) is 19.5. The molecule has 0 aromatic heterocycles. The number of carbonyl (C=O) groups excluding carboxylic acids is 1. The van der Waals surface area contributed by atoms with E-state index < -0.39 is 36.9 Å².